The number of hydrogen-bond donors (Lipinski definition) is 2. The first kappa shape index (κ1) is 19.9. The first-order chi connectivity index (χ1) is 16.1. The van der Waals surface area contributed by atoms with E-state index in [1.165, 1.54) is 12.4 Å². The molecule has 2 aromatic heterocycles. The zero-order valence-corrected chi connectivity index (χ0v) is 18.1. The van der Waals surface area contributed by atoms with E-state index in [0.29, 0.717) is 29.4 Å². The van der Waals surface area contributed by atoms with Crippen LogP contribution in [0.2, 0.25) is 0 Å². The number of para-hydroxylation sites is 1. The van der Waals surface area contributed by atoms with Gasteiger partial charge in [-0.3, -0.25) is 0 Å². The summed E-state index contributed by atoms with van der Waals surface area (Å²) < 4.78 is 19.7. The first-order valence-electron chi connectivity index (χ1n) is 11.0. The monoisotopic (exact) mass is 442 g/mol. The molecule has 4 aromatic rings. The van der Waals surface area contributed by atoms with E-state index in [4.69, 9.17) is 10.5 Å². The maximum absolute atomic E-state index is 13.9. The van der Waals surface area contributed by atoms with Crippen LogP contribution < -0.4 is 20.7 Å². The molecule has 1 aliphatic carbocycles. The Morgan fingerprint density at radius 3 is 2.64 bits per heavy atom. The van der Waals surface area contributed by atoms with Crippen molar-refractivity contribution >= 4 is 28.2 Å². The zero-order chi connectivity index (χ0) is 22.5. The van der Waals surface area contributed by atoms with Gasteiger partial charge in [-0.25, -0.2) is 19.3 Å². The van der Waals surface area contributed by atoms with Crippen LogP contribution >= 0.6 is 0 Å². The van der Waals surface area contributed by atoms with Crippen molar-refractivity contribution < 1.29 is 9.13 Å². The summed E-state index contributed by atoms with van der Waals surface area (Å²) >= 11 is 0. The number of nitrogens with zero attached hydrogens (tertiary/aromatic N) is 4. The smallest absolute Gasteiger partial charge is 0.165 e. The quantitative estimate of drug-likeness (QED) is 0.473. The summed E-state index contributed by atoms with van der Waals surface area (Å²) in [5, 5.41) is 4.29. The molecule has 3 N–H and O–H groups in total. The highest BCUT2D eigenvalue weighted by molar-refractivity contribution is 5.92. The van der Waals surface area contributed by atoms with E-state index in [1.807, 2.05) is 31.2 Å². The number of ether oxygens (including phenoxy) is 1. The third kappa shape index (κ3) is 3.62. The third-order valence-electron chi connectivity index (χ3n) is 6.59. The molecule has 0 amide bonds. The van der Waals surface area contributed by atoms with E-state index in [2.05, 4.69) is 25.2 Å². The van der Waals surface area contributed by atoms with Gasteiger partial charge in [0, 0.05) is 30.2 Å². The Labute approximate surface area is 190 Å². The van der Waals surface area contributed by atoms with Crippen LogP contribution in [0.3, 0.4) is 0 Å². The van der Waals surface area contributed by atoms with E-state index in [9.17, 15) is 4.39 Å². The molecule has 2 unspecified atom stereocenters. The molecule has 1 saturated heterocycles. The second kappa shape index (κ2) is 7.67. The Balaban J connectivity index is 1.26. The van der Waals surface area contributed by atoms with Crippen molar-refractivity contribution in [3.05, 3.63) is 72.4 Å². The molecule has 6 rings (SSSR count). The highest BCUT2D eigenvalue weighted by Crippen LogP contribution is 2.45. The molecule has 33 heavy (non-hydrogen) atoms. The number of pyridine rings is 1. The predicted molar refractivity (Wildman–Crippen MR) is 125 cm³/mol. The van der Waals surface area contributed by atoms with Gasteiger partial charge in [-0.05, 0) is 60.7 Å². The summed E-state index contributed by atoms with van der Waals surface area (Å²) in [6.45, 7) is 3.82. The first-order valence-corrected chi connectivity index (χ1v) is 11.0. The molecule has 0 radical (unpaired) electrons. The van der Waals surface area contributed by atoms with Crippen molar-refractivity contribution in [2.45, 2.75) is 13.0 Å². The number of hydrogen-bond acceptors (Lipinski definition) is 7. The van der Waals surface area contributed by atoms with Gasteiger partial charge in [0.05, 0.1) is 11.7 Å². The van der Waals surface area contributed by atoms with Crippen molar-refractivity contribution in [2.75, 3.05) is 23.3 Å². The van der Waals surface area contributed by atoms with Crippen molar-refractivity contribution in [1.82, 2.24) is 15.0 Å². The number of nitrogens with one attached hydrogen (secondary N) is 1. The number of halogens is 1. The van der Waals surface area contributed by atoms with E-state index >= 15 is 0 Å². The molecule has 0 bridgehead atoms. The second-order valence-corrected chi connectivity index (χ2v) is 8.73. The largest absolute Gasteiger partial charge is 0.454 e. The molecular weight excluding hydrogens is 419 g/mol. The Hall–Kier alpha value is -3.78. The van der Waals surface area contributed by atoms with Gasteiger partial charge in [0.25, 0.3) is 0 Å². The average Bonchev–Trinajstić information content (AvgIpc) is 3.21. The van der Waals surface area contributed by atoms with Crippen LogP contribution in [0.15, 0.2) is 61.1 Å². The zero-order valence-electron chi connectivity index (χ0n) is 18.1. The van der Waals surface area contributed by atoms with E-state index in [0.717, 1.165) is 41.1 Å². The van der Waals surface area contributed by atoms with Crippen LogP contribution in [0.4, 0.5) is 21.7 Å². The van der Waals surface area contributed by atoms with Gasteiger partial charge < -0.3 is 20.7 Å². The summed E-state index contributed by atoms with van der Waals surface area (Å²) in [6.07, 6.45) is 3.32. The van der Waals surface area contributed by atoms with Gasteiger partial charge in [0.15, 0.2) is 11.6 Å². The molecule has 166 valence electrons. The lowest BCUT2D eigenvalue weighted by molar-refractivity contribution is 0.439. The fourth-order valence-corrected chi connectivity index (χ4v) is 4.60. The molecule has 2 aromatic carbocycles. The molecule has 2 fully saturated rings. The molecular formula is C25H23FN6O. The molecule has 8 heteroatoms. The van der Waals surface area contributed by atoms with E-state index < -0.39 is 5.82 Å². The van der Waals surface area contributed by atoms with Gasteiger partial charge in [-0.2, -0.15) is 0 Å². The maximum Gasteiger partial charge on any atom is 0.165 e. The number of piperidine rings is 1. The fourth-order valence-electron chi connectivity index (χ4n) is 4.60. The lowest BCUT2D eigenvalue weighted by Crippen LogP contribution is -2.28. The third-order valence-corrected chi connectivity index (χ3v) is 6.59. The van der Waals surface area contributed by atoms with Crippen LogP contribution in [-0.2, 0) is 0 Å². The maximum atomic E-state index is 13.9. The lowest BCUT2D eigenvalue weighted by atomic mass is 10.2. The van der Waals surface area contributed by atoms with E-state index in [-0.39, 0.29) is 5.75 Å². The number of aromatic nitrogens is 3. The van der Waals surface area contributed by atoms with Crippen molar-refractivity contribution in [3.8, 4) is 11.5 Å². The Kier molecular flexibility index (Phi) is 4.62. The van der Waals surface area contributed by atoms with Gasteiger partial charge in [0.1, 0.15) is 23.7 Å². The van der Waals surface area contributed by atoms with Crippen LogP contribution in [0.1, 0.15) is 5.56 Å². The predicted octanol–water partition coefficient (Wildman–Crippen LogP) is 4.40. The lowest BCUT2D eigenvalue weighted by Gasteiger charge is -2.20. The Bertz CT molecular complexity index is 1350. The van der Waals surface area contributed by atoms with Gasteiger partial charge in [0.2, 0.25) is 0 Å². The summed E-state index contributed by atoms with van der Waals surface area (Å²) in [7, 11) is 0. The molecule has 7 nitrogen and oxygen atoms in total. The van der Waals surface area contributed by atoms with Crippen molar-refractivity contribution in [1.29, 1.82) is 0 Å². The highest BCUT2D eigenvalue weighted by Gasteiger charge is 2.53. The number of anilines is 3. The standard InChI is InChI=1S/C25H23FN6O/c1-14-8-15(6-7-21(14)33-22-5-3-2-4-19(22)26)31-25-16-9-23(28-10-20(16)29-13-30-25)32-11-17-18(12-32)24(17)27/h2-10,13,17-18,24H,11-12,27H2,1H3,(H,29,30,31). The van der Waals surface area contributed by atoms with Crippen LogP contribution in [0, 0.1) is 24.6 Å². The SMILES string of the molecule is Cc1cc(Nc2ncnc3cnc(N4CC5C(N)C5C4)cc23)ccc1Oc1ccccc1F. The normalized spacial score (nSPS) is 21.2. The summed E-state index contributed by atoms with van der Waals surface area (Å²) in [5.74, 6) is 3.18. The number of nitrogens with two attached hydrogens (primary N) is 1. The summed E-state index contributed by atoms with van der Waals surface area (Å²) in [6, 6.07) is 14.4. The Morgan fingerprint density at radius 1 is 1.03 bits per heavy atom. The van der Waals surface area contributed by atoms with Gasteiger partial charge in [-0.15, -0.1) is 0 Å². The Morgan fingerprint density at radius 2 is 1.85 bits per heavy atom. The number of rotatable bonds is 5. The fraction of sp³-hybridized carbons (Fsp3) is 0.240. The van der Waals surface area contributed by atoms with Crippen LogP contribution in [-0.4, -0.2) is 34.1 Å². The van der Waals surface area contributed by atoms with Gasteiger partial charge in [-0.1, -0.05) is 12.1 Å². The van der Waals surface area contributed by atoms with Gasteiger partial charge >= 0.3 is 0 Å². The summed E-state index contributed by atoms with van der Waals surface area (Å²) in [4.78, 5) is 15.7. The minimum absolute atomic E-state index is 0.198. The average molecular weight is 442 g/mol. The molecule has 3 heterocycles. The van der Waals surface area contributed by atoms with Crippen LogP contribution in [0.25, 0.3) is 10.9 Å². The van der Waals surface area contributed by atoms with Crippen molar-refractivity contribution in [3.63, 3.8) is 0 Å². The number of benzene rings is 2. The molecule has 1 aliphatic heterocycles. The highest BCUT2D eigenvalue weighted by atomic mass is 19.1. The summed E-state index contributed by atoms with van der Waals surface area (Å²) in [5.41, 5.74) is 8.57. The molecule has 2 atom stereocenters. The van der Waals surface area contributed by atoms with Crippen molar-refractivity contribution in [2.24, 2.45) is 17.6 Å². The minimum atomic E-state index is -0.395. The second-order valence-electron chi connectivity index (χ2n) is 8.73. The topological polar surface area (TPSA) is 89.2 Å². The number of fused-ring (bicyclic) bond motifs is 2. The van der Waals surface area contributed by atoms with E-state index in [1.54, 1.807) is 24.4 Å². The molecule has 0 spiro atoms. The molecule has 2 aliphatic rings. The van der Waals surface area contributed by atoms with Crippen LogP contribution in [0.5, 0.6) is 11.5 Å². The molecule has 1 saturated carbocycles. The minimum Gasteiger partial charge on any atom is -0.454 e. The number of aryl methyl sites for hydroxylation is 1.